The lowest BCUT2D eigenvalue weighted by Crippen LogP contribution is -2.50. The van der Waals surface area contributed by atoms with E-state index in [9.17, 15) is 9.59 Å². The predicted molar refractivity (Wildman–Crippen MR) is 111 cm³/mol. The molecule has 6 nitrogen and oxygen atoms in total. The van der Waals surface area contributed by atoms with E-state index in [0.717, 1.165) is 16.3 Å². The van der Waals surface area contributed by atoms with Crippen molar-refractivity contribution in [2.45, 2.75) is 19.6 Å². The van der Waals surface area contributed by atoms with Crippen LogP contribution in [0.4, 0.5) is 0 Å². The van der Waals surface area contributed by atoms with E-state index in [1.807, 2.05) is 56.3 Å². The van der Waals surface area contributed by atoms with Crippen LogP contribution in [0.3, 0.4) is 0 Å². The Kier molecular flexibility index (Phi) is 5.00. The number of fused-ring (bicyclic) bond motifs is 1. The first-order valence-electron chi connectivity index (χ1n) is 9.72. The molecular weight excluding hydrogens is 384 g/mol. The third-order valence-electron chi connectivity index (χ3n) is 5.45. The summed E-state index contributed by atoms with van der Waals surface area (Å²) in [5.41, 5.74) is 1.23. The van der Waals surface area contributed by atoms with Gasteiger partial charge in [-0.25, -0.2) is 9.59 Å². The molecule has 4 rings (SSSR count). The first-order valence-corrected chi connectivity index (χ1v) is 9.72. The fourth-order valence-electron chi connectivity index (χ4n) is 3.93. The summed E-state index contributed by atoms with van der Waals surface area (Å²) in [5, 5.41) is 1.98. The van der Waals surface area contributed by atoms with Crippen molar-refractivity contribution in [2.24, 2.45) is 5.41 Å². The molecule has 0 atom stereocenters. The summed E-state index contributed by atoms with van der Waals surface area (Å²) in [6.45, 7) is 4.70. The van der Waals surface area contributed by atoms with E-state index in [-0.39, 0.29) is 16.6 Å². The summed E-state index contributed by atoms with van der Waals surface area (Å²) in [6.07, 6.45) is 1.62. The molecule has 1 aliphatic carbocycles. The molecule has 6 heteroatoms. The van der Waals surface area contributed by atoms with Gasteiger partial charge in [0.1, 0.15) is 5.57 Å². The van der Waals surface area contributed by atoms with E-state index >= 15 is 0 Å². The Morgan fingerprint density at radius 3 is 2.20 bits per heavy atom. The van der Waals surface area contributed by atoms with Crippen molar-refractivity contribution in [3.63, 3.8) is 0 Å². The highest BCUT2D eigenvalue weighted by Gasteiger charge is 2.55. The lowest BCUT2D eigenvalue weighted by molar-refractivity contribution is -0.245. The van der Waals surface area contributed by atoms with E-state index in [2.05, 4.69) is 0 Å². The molecule has 1 spiro atoms. The second-order valence-electron chi connectivity index (χ2n) is 8.21. The third-order valence-corrected chi connectivity index (χ3v) is 5.45. The van der Waals surface area contributed by atoms with Crippen molar-refractivity contribution in [1.29, 1.82) is 0 Å². The predicted octanol–water partition coefficient (Wildman–Crippen LogP) is 3.65. The van der Waals surface area contributed by atoms with Gasteiger partial charge in [0.15, 0.2) is 0 Å². The van der Waals surface area contributed by atoms with Gasteiger partial charge in [0, 0.05) is 11.0 Å². The molecule has 0 saturated carbocycles. The van der Waals surface area contributed by atoms with Crippen LogP contribution in [0.15, 0.2) is 59.7 Å². The molecule has 1 aliphatic heterocycles. The van der Waals surface area contributed by atoms with Gasteiger partial charge < -0.3 is 18.9 Å². The molecule has 0 bridgehead atoms. The Morgan fingerprint density at radius 1 is 0.900 bits per heavy atom. The van der Waals surface area contributed by atoms with Crippen LogP contribution in [0.2, 0.25) is 0 Å². The monoisotopic (exact) mass is 408 g/mol. The topological polar surface area (TPSA) is 71.1 Å². The van der Waals surface area contributed by atoms with E-state index < -0.39 is 17.7 Å². The summed E-state index contributed by atoms with van der Waals surface area (Å²) < 4.78 is 22.5. The van der Waals surface area contributed by atoms with Gasteiger partial charge in [-0.3, -0.25) is 0 Å². The van der Waals surface area contributed by atoms with Crippen molar-refractivity contribution in [3.8, 4) is 0 Å². The highest BCUT2D eigenvalue weighted by molar-refractivity contribution is 6.12. The molecule has 30 heavy (non-hydrogen) atoms. The van der Waals surface area contributed by atoms with Gasteiger partial charge in [0.2, 0.25) is 5.79 Å². The van der Waals surface area contributed by atoms with Crippen molar-refractivity contribution in [3.05, 3.63) is 65.3 Å². The Labute approximate surface area is 175 Å². The second kappa shape index (κ2) is 7.38. The van der Waals surface area contributed by atoms with Gasteiger partial charge in [-0.15, -0.1) is 0 Å². The van der Waals surface area contributed by atoms with Crippen molar-refractivity contribution < 1.29 is 28.5 Å². The Balaban J connectivity index is 1.97. The Hall–Kier alpha value is -2.96. The van der Waals surface area contributed by atoms with E-state index in [0.29, 0.717) is 18.8 Å². The van der Waals surface area contributed by atoms with E-state index in [1.54, 1.807) is 6.08 Å². The fourth-order valence-corrected chi connectivity index (χ4v) is 3.93. The maximum Gasteiger partial charge on any atom is 0.340 e. The largest absolute Gasteiger partial charge is 0.465 e. The molecule has 1 heterocycles. The average Bonchev–Trinajstić information content (AvgIpc) is 3.09. The zero-order chi connectivity index (χ0) is 21.5. The van der Waals surface area contributed by atoms with Crippen LogP contribution in [0.1, 0.15) is 19.4 Å². The summed E-state index contributed by atoms with van der Waals surface area (Å²) in [5.74, 6) is -2.89. The molecule has 0 radical (unpaired) electrons. The van der Waals surface area contributed by atoms with Gasteiger partial charge in [-0.1, -0.05) is 56.3 Å². The molecule has 1 saturated heterocycles. The van der Waals surface area contributed by atoms with Crippen LogP contribution < -0.4 is 0 Å². The van der Waals surface area contributed by atoms with E-state index in [1.165, 1.54) is 14.2 Å². The molecular formula is C24H24O6. The number of rotatable bonds is 3. The highest BCUT2D eigenvalue weighted by Crippen LogP contribution is 2.50. The maximum atomic E-state index is 12.8. The van der Waals surface area contributed by atoms with E-state index in [4.69, 9.17) is 18.9 Å². The van der Waals surface area contributed by atoms with Gasteiger partial charge in [0.25, 0.3) is 0 Å². The number of hydrogen-bond donors (Lipinski definition) is 0. The van der Waals surface area contributed by atoms with Crippen LogP contribution in [0, 0.1) is 5.41 Å². The van der Waals surface area contributed by atoms with Crippen LogP contribution in [-0.2, 0) is 28.5 Å². The zero-order valence-corrected chi connectivity index (χ0v) is 17.5. The molecule has 156 valence electrons. The smallest absolute Gasteiger partial charge is 0.340 e. The second-order valence-corrected chi connectivity index (χ2v) is 8.21. The molecule has 1 fully saturated rings. The molecule has 2 aliphatic rings. The van der Waals surface area contributed by atoms with Crippen LogP contribution in [0.25, 0.3) is 16.3 Å². The average molecular weight is 408 g/mol. The first kappa shape index (κ1) is 20.3. The number of benzene rings is 2. The SMILES string of the molecule is COC(=O)C1=C(C(=O)OC)C2(OCC(C)(C)CO2)C(c2cccc3ccccc23)=C1. The maximum absolute atomic E-state index is 12.8. The Bertz CT molecular complexity index is 1080. The third kappa shape index (κ3) is 3.13. The molecule has 2 aromatic rings. The number of carbonyl (C=O) groups excluding carboxylic acids is 2. The molecule has 0 N–H and O–H groups in total. The highest BCUT2D eigenvalue weighted by atomic mass is 16.7. The summed E-state index contributed by atoms with van der Waals surface area (Å²) >= 11 is 0. The summed E-state index contributed by atoms with van der Waals surface area (Å²) in [6, 6.07) is 13.7. The number of carbonyl (C=O) groups is 2. The molecule has 0 amide bonds. The number of esters is 2. The Morgan fingerprint density at radius 2 is 1.53 bits per heavy atom. The summed E-state index contributed by atoms with van der Waals surface area (Å²) in [4.78, 5) is 25.4. The minimum absolute atomic E-state index is 0.00952. The minimum atomic E-state index is -1.55. The number of ether oxygens (including phenoxy) is 4. The zero-order valence-electron chi connectivity index (χ0n) is 17.5. The quantitative estimate of drug-likeness (QED) is 0.722. The fraction of sp³-hybridized carbons (Fsp3) is 0.333. The van der Waals surface area contributed by atoms with Crippen LogP contribution in [-0.4, -0.2) is 45.2 Å². The van der Waals surface area contributed by atoms with Crippen molar-refractivity contribution in [2.75, 3.05) is 27.4 Å². The lowest BCUT2D eigenvalue weighted by atomic mass is 9.88. The normalized spacial score (nSPS) is 19.7. The van der Waals surface area contributed by atoms with Crippen molar-refractivity contribution >= 4 is 28.3 Å². The van der Waals surface area contributed by atoms with Crippen molar-refractivity contribution in [1.82, 2.24) is 0 Å². The van der Waals surface area contributed by atoms with Crippen LogP contribution in [0.5, 0.6) is 0 Å². The number of hydrogen-bond acceptors (Lipinski definition) is 6. The first-order chi connectivity index (χ1) is 14.3. The molecule has 0 unspecified atom stereocenters. The standard InChI is InChI=1S/C24H24O6/c1-23(2)13-29-24(30-14-23)19(12-18(21(25)27-3)20(24)22(26)28-4)17-11-7-9-15-8-5-6-10-16(15)17/h5-12H,13-14H2,1-4H3. The van der Waals surface area contributed by atoms with Gasteiger partial charge in [0.05, 0.1) is 33.0 Å². The van der Waals surface area contributed by atoms with Gasteiger partial charge in [-0.05, 0) is 22.4 Å². The van der Waals surface area contributed by atoms with Gasteiger partial charge in [-0.2, -0.15) is 0 Å². The molecule has 0 aromatic heterocycles. The summed E-state index contributed by atoms with van der Waals surface area (Å²) in [7, 11) is 2.53. The molecule has 2 aromatic carbocycles. The van der Waals surface area contributed by atoms with Gasteiger partial charge >= 0.3 is 11.9 Å². The number of methoxy groups -OCH3 is 2. The van der Waals surface area contributed by atoms with Crippen LogP contribution >= 0.6 is 0 Å². The lowest BCUT2D eigenvalue weighted by Gasteiger charge is -2.43. The minimum Gasteiger partial charge on any atom is -0.465 e.